The van der Waals surface area contributed by atoms with Gasteiger partial charge in [-0.15, -0.1) is 0 Å². The third-order valence-electron chi connectivity index (χ3n) is 11.2. The molecule has 0 fully saturated rings. The van der Waals surface area contributed by atoms with Crippen molar-refractivity contribution in [1.82, 2.24) is 0 Å². The lowest BCUT2D eigenvalue weighted by Gasteiger charge is -2.34. The molecule has 0 saturated carbocycles. The predicted molar refractivity (Wildman–Crippen MR) is 213 cm³/mol. The Bertz CT molecular complexity index is 2430. The van der Waals surface area contributed by atoms with E-state index >= 15 is 0 Å². The van der Waals surface area contributed by atoms with Gasteiger partial charge in [-0.25, -0.2) is 0 Å². The standard InChI is InChI=1S/C47H37NOSi/c1-50-44-28-27-41-40-18-7-8-20-43(40)49-47(41)46(44)42-26-25-37(30-45(42)50)48(36-16-9-15-34(29-36)31-11-3-2-4-12-31)35-23-21-33(22-24-35)39-19-10-14-32-13-5-6-17-38(32)39/h2-23,25-30,35,40,43,50H,24H2,1H3. The topological polar surface area (TPSA) is 12.5 Å². The van der Waals surface area contributed by atoms with Crippen LogP contribution in [0.3, 0.4) is 0 Å². The molecular formula is C47H37NOSi. The third-order valence-corrected chi connectivity index (χ3v) is 14.0. The van der Waals surface area contributed by atoms with Gasteiger partial charge in [0.05, 0.1) is 6.04 Å². The van der Waals surface area contributed by atoms with Crippen LogP contribution in [0, 0.1) is 0 Å². The van der Waals surface area contributed by atoms with Crippen molar-refractivity contribution in [1.29, 1.82) is 0 Å². The molecule has 4 atom stereocenters. The van der Waals surface area contributed by atoms with E-state index < -0.39 is 8.80 Å². The Morgan fingerprint density at radius 3 is 2.36 bits per heavy atom. The number of hydrogen-bond acceptors (Lipinski definition) is 2. The maximum absolute atomic E-state index is 6.69. The Hall–Kier alpha value is -5.64. The first-order valence-electron chi connectivity index (χ1n) is 17.9. The van der Waals surface area contributed by atoms with Gasteiger partial charge >= 0.3 is 0 Å². The van der Waals surface area contributed by atoms with Gasteiger partial charge in [0, 0.05) is 28.4 Å². The Morgan fingerprint density at radius 1 is 0.660 bits per heavy atom. The Kier molecular flexibility index (Phi) is 6.88. The van der Waals surface area contributed by atoms with Gasteiger partial charge in [-0.2, -0.15) is 0 Å². The maximum atomic E-state index is 6.69. The highest BCUT2D eigenvalue weighted by Crippen LogP contribution is 2.47. The third kappa shape index (κ3) is 4.68. The highest BCUT2D eigenvalue weighted by molar-refractivity contribution is 6.88. The van der Waals surface area contributed by atoms with Gasteiger partial charge in [0.1, 0.15) is 20.7 Å². The first-order valence-corrected chi connectivity index (χ1v) is 20.2. The smallest absolute Gasteiger partial charge is 0.131 e. The average Bonchev–Trinajstić information content (AvgIpc) is 3.70. The minimum atomic E-state index is -1.43. The molecule has 0 amide bonds. The lowest BCUT2D eigenvalue weighted by atomic mass is 9.90. The van der Waals surface area contributed by atoms with Crippen molar-refractivity contribution in [3.63, 3.8) is 0 Å². The van der Waals surface area contributed by atoms with Crippen LogP contribution in [0.2, 0.25) is 6.55 Å². The van der Waals surface area contributed by atoms with Crippen molar-refractivity contribution in [2.24, 2.45) is 0 Å². The summed E-state index contributed by atoms with van der Waals surface area (Å²) in [4.78, 5) is 2.56. The van der Waals surface area contributed by atoms with Crippen molar-refractivity contribution >= 4 is 46.9 Å². The number of rotatable bonds is 5. The molecule has 6 aromatic rings. The Balaban J connectivity index is 1.06. The first kappa shape index (κ1) is 29.3. The number of hydrogen-bond donors (Lipinski definition) is 0. The van der Waals surface area contributed by atoms with E-state index in [1.54, 1.807) is 0 Å². The van der Waals surface area contributed by atoms with Crippen molar-refractivity contribution in [3.05, 3.63) is 181 Å². The van der Waals surface area contributed by atoms with Gasteiger partial charge in [-0.3, -0.25) is 0 Å². The molecule has 240 valence electrons. The summed E-state index contributed by atoms with van der Waals surface area (Å²) in [5, 5.41) is 5.59. The van der Waals surface area contributed by atoms with Crippen LogP contribution < -0.4 is 20.0 Å². The summed E-state index contributed by atoms with van der Waals surface area (Å²) >= 11 is 0. The number of anilines is 2. The largest absolute Gasteiger partial charge is 0.484 e. The number of benzene rings is 6. The molecule has 2 aliphatic heterocycles. The first-order chi connectivity index (χ1) is 24.7. The van der Waals surface area contributed by atoms with Gasteiger partial charge in [0.2, 0.25) is 0 Å². The summed E-state index contributed by atoms with van der Waals surface area (Å²) in [5.74, 6) is 1.41. The van der Waals surface area contributed by atoms with Crippen LogP contribution in [0.15, 0.2) is 170 Å². The molecule has 6 aromatic carbocycles. The van der Waals surface area contributed by atoms with Crippen LogP contribution in [0.4, 0.5) is 11.4 Å². The molecule has 2 aliphatic carbocycles. The SMILES string of the molecule is C[SiH]1c2cc(N(c3cccc(-c4ccccc4)c3)C3C=CC(c4cccc5ccccc45)=CC3)ccc2-c2c1ccc1c2OC2C=CC=CC12. The molecule has 50 heavy (non-hydrogen) atoms. The van der Waals surface area contributed by atoms with Crippen molar-refractivity contribution in [2.45, 2.75) is 31.0 Å². The summed E-state index contributed by atoms with van der Waals surface area (Å²) in [6.45, 7) is 2.49. The van der Waals surface area contributed by atoms with Crippen LogP contribution in [0.25, 0.3) is 38.6 Å². The minimum absolute atomic E-state index is 0.0964. The van der Waals surface area contributed by atoms with Gasteiger partial charge in [0.15, 0.2) is 0 Å². The van der Waals surface area contributed by atoms with Crippen LogP contribution in [0.1, 0.15) is 23.5 Å². The van der Waals surface area contributed by atoms with Gasteiger partial charge in [0.25, 0.3) is 0 Å². The minimum Gasteiger partial charge on any atom is -0.484 e. The molecule has 0 aromatic heterocycles. The van der Waals surface area contributed by atoms with Crippen LogP contribution >= 0.6 is 0 Å². The molecule has 10 rings (SSSR count). The van der Waals surface area contributed by atoms with E-state index in [0.717, 1.165) is 12.2 Å². The fraction of sp³-hybridized carbons (Fsp3) is 0.106. The maximum Gasteiger partial charge on any atom is 0.131 e. The molecule has 0 bridgehead atoms. The fourth-order valence-corrected chi connectivity index (χ4v) is 11.3. The lowest BCUT2D eigenvalue weighted by Crippen LogP contribution is -2.36. The van der Waals surface area contributed by atoms with Crippen LogP contribution in [0.5, 0.6) is 5.75 Å². The molecule has 0 saturated heterocycles. The summed E-state index contributed by atoms with van der Waals surface area (Å²) in [5.41, 5.74) is 11.5. The fourth-order valence-electron chi connectivity index (χ4n) is 8.69. The summed E-state index contributed by atoms with van der Waals surface area (Å²) < 4.78 is 6.69. The van der Waals surface area contributed by atoms with Gasteiger partial charge < -0.3 is 9.64 Å². The van der Waals surface area contributed by atoms with Crippen LogP contribution in [-0.4, -0.2) is 20.9 Å². The van der Waals surface area contributed by atoms with E-state index in [2.05, 4.69) is 181 Å². The van der Waals surface area contributed by atoms with Gasteiger partial charge in [-0.05, 0) is 85.7 Å². The Morgan fingerprint density at radius 2 is 1.46 bits per heavy atom. The number of allylic oxidation sites excluding steroid dienone is 4. The molecule has 0 N–H and O–H groups in total. The van der Waals surface area contributed by atoms with E-state index in [9.17, 15) is 0 Å². The summed E-state index contributed by atoms with van der Waals surface area (Å²) in [6, 6.07) is 47.3. The molecule has 0 radical (unpaired) electrons. The molecule has 0 spiro atoms. The van der Waals surface area contributed by atoms with Crippen molar-refractivity contribution < 1.29 is 4.74 Å². The highest BCUT2D eigenvalue weighted by atomic mass is 28.3. The van der Waals surface area contributed by atoms with E-state index in [1.165, 1.54) is 71.5 Å². The zero-order valence-electron chi connectivity index (χ0n) is 28.0. The van der Waals surface area contributed by atoms with Crippen LogP contribution in [-0.2, 0) is 0 Å². The number of fused-ring (bicyclic) bond motifs is 8. The number of nitrogens with zero attached hydrogens (tertiary/aromatic N) is 1. The molecule has 4 unspecified atom stereocenters. The highest BCUT2D eigenvalue weighted by Gasteiger charge is 2.39. The molecule has 2 heterocycles. The lowest BCUT2D eigenvalue weighted by molar-refractivity contribution is 0.270. The van der Waals surface area contributed by atoms with Crippen molar-refractivity contribution in [3.8, 4) is 28.0 Å². The molecule has 4 aliphatic rings. The molecule has 3 heteroatoms. The zero-order chi connectivity index (χ0) is 33.2. The average molecular weight is 660 g/mol. The zero-order valence-corrected chi connectivity index (χ0v) is 29.2. The molecular weight excluding hydrogens is 623 g/mol. The van der Waals surface area contributed by atoms with E-state index in [-0.39, 0.29) is 12.1 Å². The summed E-state index contributed by atoms with van der Waals surface area (Å²) in [6.07, 6.45) is 17.0. The van der Waals surface area contributed by atoms with E-state index in [4.69, 9.17) is 4.74 Å². The quantitative estimate of drug-likeness (QED) is 0.171. The predicted octanol–water partition coefficient (Wildman–Crippen LogP) is 9.98. The summed E-state index contributed by atoms with van der Waals surface area (Å²) in [7, 11) is -1.43. The second-order valence-corrected chi connectivity index (χ2v) is 16.6. The number of ether oxygens (including phenoxy) is 1. The second-order valence-electron chi connectivity index (χ2n) is 14.0. The van der Waals surface area contributed by atoms with Gasteiger partial charge in [-0.1, -0.05) is 146 Å². The van der Waals surface area contributed by atoms with E-state index in [0.29, 0.717) is 5.92 Å². The van der Waals surface area contributed by atoms with Crippen molar-refractivity contribution in [2.75, 3.05) is 4.90 Å². The Labute approximate surface area is 295 Å². The molecule has 2 nitrogen and oxygen atoms in total. The second kappa shape index (κ2) is 11.8. The normalized spacial score (nSPS) is 20.9. The van der Waals surface area contributed by atoms with E-state index in [1.807, 2.05) is 0 Å². The monoisotopic (exact) mass is 659 g/mol.